The standard InChI is InChI=1S/C24H32ClN5O.HI/c1-26-23(31)20-5-3-4-18(16-20)10-13-28-24(27-2)29-22-11-14-30(15-12-22)17-19-6-8-21(25)9-7-19;/h3-9,16,22H,10-15,17H2,1-2H3,(H,26,31)(H2,27,28,29);1H. The van der Waals surface area contributed by atoms with Crippen LogP contribution in [0, 0.1) is 0 Å². The van der Waals surface area contributed by atoms with Crippen LogP contribution in [0.25, 0.3) is 0 Å². The van der Waals surface area contributed by atoms with Crippen LogP contribution in [0.5, 0.6) is 0 Å². The molecule has 32 heavy (non-hydrogen) atoms. The van der Waals surface area contributed by atoms with Crippen LogP contribution in [0.3, 0.4) is 0 Å². The predicted molar refractivity (Wildman–Crippen MR) is 143 cm³/mol. The van der Waals surface area contributed by atoms with E-state index in [1.807, 2.05) is 36.4 Å². The van der Waals surface area contributed by atoms with Gasteiger partial charge in [0.15, 0.2) is 5.96 Å². The van der Waals surface area contributed by atoms with Gasteiger partial charge in [0.05, 0.1) is 0 Å². The molecule has 1 saturated heterocycles. The van der Waals surface area contributed by atoms with Crippen LogP contribution < -0.4 is 16.0 Å². The van der Waals surface area contributed by atoms with Gasteiger partial charge in [0.1, 0.15) is 0 Å². The number of aliphatic imine (C=N–C) groups is 1. The molecule has 0 radical (unpaired) electrons. The molecule has 3 rings (SSSR count). The van der Waals surface area contributed by atoms with Crippen LogP contribution in [0.4, 0.5) is 0 Å². The molecule has 1 aliphatic heterocycles. The minimum atomic E-state index is -0.0605. The van der Waals surface area contributed by atoms with Crippen molar-refractivity contribution in [2.75, 3.05) is 33.7 Å². The number of carbonyl (C=O) groups excluding carboxylic acids is 1. The third kappa shape index (κ3) is 8.26. The van der Waals surface area contributed by atoms with E-state index in [4.69, 9.17) is 11.6 Å². The topological polar surface area (TPSA) is 68.8 Å². The molecule has 0 atom stereocenters. The molecular weight excluding hydrogens is 537 g/mol. The van der Waals surface area contributed by atoms with E-state index in [1.54, 1.807) is 14.1 Å². The zero-order valence-electron chi connectivity index (χ0n) is 18.7. The average Bonchev–Trinajstić information content (AvgIpc) is 2.80. The minimum absolute atomic E-state index is 0. The van der Waals surface area contributed by atoms with Gasteiger partial charge in [-0.1, -0.05) is 35.9 Å². The summed E-state index contributed by atoms with van der Waals surface area (Å²) in [6.45, 7) is 3.84. The molecule has 0 bridgehead atoms. The second-order valence-corrected chi connectivity index (χ2v) is 8.29. The Morgan fingerprint density at radius 1 is 1.12 bits per heavy atom. The Bertz CT molecular complexity index is 882. The number of hydrogen-bond donors (Lipinski definition) is 3. The van der Waals surface area contributed by atoms with Gasteiger partial charge in [-0.2, -0.15) is 0 Å². The van der Waals surface area contributed by atoms with Gasteiger partial charge in [-0.25, -0.2) is 0 Å². The first-order chi connectivity index (χ1) is 15.1. The van der Waals surface area contributed by atoms with Gasteiger partial charge < -0.3 is 16.0 Å². The summed E-state index contributed by atoms with van der Waals surface area (Å²) in [5.74, 6) is 0.772. The van der Waals surface area contributed by atoms with Gasteiger partial charge in [0.2, 0.25) is 0 Å². The molecule has 0 aliphatic carbocycles. The molecule has 0 saturated carbocycles. The summed E-state index contributed by atoms with van der Waals surface area (Å²) < 4.78 is 0. The normalized spacial score (nSPS) is 15.0. The van der Waals surface area contributed by atoms with E-state index in [1.165, 1.54) is 5.56 Å². The van der Waals surface area contributed by atoms with Gasteiger partial charge in [0, 0.05) is 56.9 Å². The number of nitrogens with zero attached hydrogens (tertiary/aromatic N) is 2. The summed E-state index contributed by atoms with van der Waals surface area (Å²) in [5.41, 5.74) is 3.11. The van der Waals surface area contributed by atoms with Crippen molar-refractivity contribution in [1.29, 1.82) is 0 Å². The van der Waals surface area contributed by atoms with Crippen molar-refractivity contribution in [2.24, 2.45) is 4.99 Å². The SMILES string of the molecule is CN=C(NCCc1cccc(C(=O)NC)c1)NC1CCN(Cc2ccc(Cl)cc2)CC1.I. The van der Waals surface area contributed by atoms with Crippen molar-refractivity contribution in [3.8, 4) is 0 Å². The quantitative estimate of drug-likeness (QED) is 0.270. The van der Waals surface area contributed by atoms with E-state index in [9.17, 15) is 4.79 Å². The van der Waals surface area contributed by atoms with E-state index in [-0.39, 0.29) is 29.9 Å². The maximum atomic E-state index is 11.8. The second kappa shape index (κ2) is 13.6. The summed E-state index contributed by atoms with van der Waals surface area (Å²) in [4.78, 5) is 18.6. The Labute approximate surface area is 213 Å². The molecule has 1 heterocycles. The predicted octanol–water partition coefficient (Wildman–Crippen LogP) is 3.69. The van der Waals surface area contributed by atoms with Crippen LogP contribution in [0.2, 0.25) is 5.02 Å². The number of likely N-dealkylation sites (tertiary alicyclic amines) is 1. The summed E-state index contributed by atoms with van der Waals surface area (Å²) in [5, 5.41) is 10.4. The molecule has 1 fully saturated rings. The fraction of sp³-hybridized carbons (Fsp3) is 0.417. The maximum absolute atomic E-state index is 11.8. The lowest BCUT2D eigenvalue weighted by atomic mass is 10.0. The van der Waals surface area contributed by atoms with E-state index in [2.05, 4.69) is 38.0 Å². The molecule has 0 spiro atoms. The van der Waals surface area contributed by atoms with Crippen molar-refractivity contribution in [3.63, 3.8) is 0 Å². The molecule has 8 heteroatoms. The van der Waals surface area contributed by atoms with Gasteiger partial charge in [-0.05, 0) is 54.7 Å². The number of amides is 1. The highest BCUT2D eigenvalue weighted by atomic mass is 127. The van der Waals surface area contributed by atoms with Crippen molar-refractivity contribution in [1.82, 2.24) is 20.9 Å². The minimum Gasteiger partial charge on any atom is -0.356 e. The average molecular weight is 570 g/mol. The first-order valence-corrected chi connectivity index (χ1v) is 11.2. The number of benzene rings is 2. The fourth-order valence-corrected chi connectivity index (χ4v) is 3.94. The molecule has 174 valence electrons. The number of piperidine rings is 1. The molecule has 6 nitrogen and oxygen atoms in total. The van der Waals surface area contributed by atoms with Gasteiger partial charge in [-0.3, -0.25) is 14.7 Å². The Balaban J connectivity index is 0.00000363. The van der Waals surface area contributed by atoms with E-state index < -0.39 is 0 Å². The molecule has 2 aromatic rings. The fourth-order valence-electron chi connectivity index (χ4n) is 3.81. The Hall–Kier alpha value is -1.84. The first kappa shape index (κ1) is 26.4. The Morgan fingerprint density at radius 3 is 2.50 bits per heavy atom. The maximum Gasteiger partial charge on any atom is 0.251 e. The Morgan fingerprint density at radius 2 is 1.84 bits per heavy atom. The van der Waals surface area contributed by atoms with E-state index >= 15 is 0 Å². The van der Waals surface area contributed by atoms with Crippen LogP contribution in [0.1, 0.15) is 34.3 Å². The zero-order chi connectivity index (χ0) is 22.1. The highest BCUT2D eigenvalue weighted by Crippen LogP contribution is 2.16. The van der Waals surface area contributed by atoms with E-state index in [0.29, 0.717) is 11.6 Å². The number of rotatable bonds is 7. The van der Waals surface area contributed by atoms with Crippen molar-refractivity contribution < 1.29 is 4.79 Å². The molecule has 1 aliphatic rings. The third-order valence-corrected chi connectivity index (χ3v) is 5.85. The number of hydrogen-bond acceptors (Lipinski definition) is 3. The van der Waals surface area contributed by atoms with Crippen LogP contribution in [-0.2, 0) is 13.0 Å². The largest absolute Gasteiger partial charge is 0.356 e. The van der Waals surface area contributed by atoms with Gasteiger partial charge in [-0.15, -0.1) is 24.0 Å². The van der Waals surface area contributed by atoms with Crippen molar-refractivity contribution in [3.05, 3.63) is 70.2 Å². The zero-order valence-corrected chi connectivity index (χ0v) is 21.8. The molecule has 2 aromatic carbocycles. The van der Waals surface area contributed by atoms with Gasteiger partial charge in [0.25, 0.3) is 5.91 Å². The molecule has 1 amide bonds. The highest BCUT2D eigenvalue weighted by Gasteiger charge is 2.20. The number of nitrogens with one attached hydrogen (secondary N) is 3. The van der Waals surface area contributed by atoms with Crippen LogP contribution in [0.15, 0.2) is 53.5 Å². The highest BCUT2D eigenvalue weighted by molar-refractivity contribution is 14.0. The second-order valence-electron chi connectivity index (χ2n) is 7.85. The smallest absolute Gasteiger partial charge is 0.251 e. The van der Waals surface area contributed by atoms with Crippen molar-refractivity contribution in [2.45, 2.75) is 31.8 Å². The van der Waals surface area contributed by atoms with Gasteiger partial charge >= 0.3 is 0 Å². The summed E-state index contributed by atoms with van der Waals surface area (Å²) in [7, 11) is 3.45. The number of carbonyl (C=O) groups is 1. The summed E-state index contributed by atoms with van der Waals surface area (Å²) in [6.07, 6.45) is 3.00. The number of halogens is 2. The third-order valence-electron chi connectivity index (χ3n) is 5.59. The Kier molecular flexibility index (Phi) is 11.3. The lowest BCUT2D eigenvalue weighted by Gasteiger charge is -2.33. The van der Waals surface area contributed by atoms with Crippen LogP contribution in [-0.4, -0.2) is 56.5 Å². The number of guanidine groups is 1. The molecular formula is C24H33ClIN5O. The molecule has 0 unspecified atom stereocenters. The van der Waals surface area contributed by atoms with E-state index in [0.717, 1.165) is 62.0 Å². The molecule has 3 N–H and O–H groups in total. The first-order valence-electron chi connectivity index (χ1n) is 10.8. The lowest BCUT2D eigenvalue weighted by molar-refractivity contribution is 0.0963. The monoisotopic (exact) mass is 569 g/mol. The summed E-state index contributed by atoms with van der Waals surface area (Å²) in [6, 6.07) is 16.3. The summed E-state index contributed by atoms with van der Waals surface area (Å²) >= 11 is 5.98. The lowest BCUT2D eigenvalue weighted by Crippen LogP contribution is -2.48. The van der Waals surface area contributed by atoms with Crippen LogP contribution >= 0.6 is 35.6 Å². The van der Waals surface area contributed by atoms with Crippen molar-refractivity contribution >= 4 is 47.4 Å². The molecule has 0 aromatic heterocycles.